The van der Waals surface area contributed by atoms with E-state index in [1.54, 1.807) is 24.3 Å². The molecule has 3 N–H and O–H groups in total. The molecule has 0 aliphatic heterocycles. The van der Waals surface area contributed by atoms with E-state index in [1.807, 2.05) is 0 Å². The Morgan fingerprint density at radius 1 is 1.16 bits per heavy atom. The molecule has 0 aliphatic carbocycles. The minimum atomic E-state index is -0.760. The minimum absolute atomic E-state index is 0.0784. The Hall–Kier alpha value is -1.63. The highest BCUT2D eigenvalue weighted by Gasteiger charge is 2.12. The highest BCUT2D eigenvalue weighted by molar-refractivity contribution is 6.39. The molecule has 19 heavy (non-hydrogen) atoms. The second kappa shape index (κ2) is 8.47. The van der Waals surface area contributed by atoms with Crippen LogP contribution in [0.15, 0.2) is 24.3 Å². The Kier molecular flexibility index (Phi) is 6.88. The van der Waals surface area contributed by atoms with Crippen LogP contribution in [-0.2, 0) is 14.3 Å². The maximum Gasteiger partial charge on any atom is 0.313 e. The highest BCUT2D eigenvalue weighted by atomic mass is 35.5. The van der Waals surface area contributed by atoms with Crippen molar-refractivity contribution in [1.29, 1.82) is 0 Å². The lowest BCUT2D eigenvalue weighted by atomic mass is 10.3. The van der Waals surface area contributed by atoms with Crippen LogP contribution in [0.2, 0.25) is 5.02 Å². The zero-order chi connectivity index (χ0) is 14.1. The number of carbonyl (C=O) groups excluding carboxylic acids is 2. The minimum Gasteiger partial charge on any atom is -0.394 e. The van der Waals surface area contributed by atoms with Crippen molar-refractivity contribution < 1.29 is 19.4 Å². The molecule has 0 aromatic heterocycles. The van der Waals surface area contributed by atoms with E-state index >= 15 is 0 Å². The van der Waals surface area contributed by atoms with E-state index in [-0.39, 0.29) is 26.4 Å². The average Bonchev–Trinajstić information content (AvgIpc) is 2.41. The smallest absolute Gasteiger partial charge is 0.313 e. The monoisotopic (exact) mass is 286 g/mol. The molecule has 1 rings (SSSR count). The first-order valence-corrected chi connectivity index (χ1v) is 6.04. The standard InChI is InChI=1S/C12H15ClN2O4/c13-9-1-3-10(4-2-9)15-12(18)11(17)14-5-7-19-8-6-16/h1-4,16H,5-8H2,(H,14,17)(H,15,18). The van der Waals surface area contributed by atoms with Crippen LogP contribution < -0.4 is 10.6 Å². The third-order valence-electron chi connectivity index (χ3n) is 2.08. The predicted molar refractivity (Wildman–Crippen MR) is 71.0 cm³/mol. The van der Waals surface area contributed by atoms with Gasteiger partial charge in [-0.3, -0.25) is 9.59 Å². The second-order valence-electron chi connectivity index (χ2n) is 3.55. The molecule has 1 aromatic carbocycles. The van der Waals surface area contributed by atoms with Gasteiger partial charge in [0.05, 0.1) is 19.8 Å². The molecule has 0 saturated heterocycles. The number of aliphatic hydroxyl groups is 1. The van der Waals surface area contributed by atoms with Gasteiger partial charge in [-0.05, 0) is 24.3 Å². The molecule has 0 heterocycles. The SMILES string of the molecule is O=C(NCCOCCO)C(=O)Nc1ccc(Cl)cc1. The molecule has 1 aromatic rings. The summed E-state index contributed by atoms with van der Waals surface area (Å²) >= 11 is 5.70. The van der Waals surface area contributed by atoms with E-state index in [2.05, 4.69) is 10.6 Å². The molecule has 0 saturated carbocycles. The van der Waals surface area contributed by atoms with E-state index in [0.29, 0.717) is 10.7 Å². The fourth-order valence-electron chi connectivity index (χ4n) is 1.20. The molecule has 0 radical (unpaired) electrons. The molecular formula is C12H15ClN2O4. The first-order chi connectivity index (χ1) is 9.13. The van der Waals surface area contributed by atoms with Gasteiger partial charge in [-0.1, -0.05) is 11.6 Å². The fourth-order valence-corrected chi connectivity index (χ4v) is 1.33. The molecular weight excluding hydrogens is 272 g/mol. The Morgan fingerprint density at radius 2 is 1.84 bits per heavy atom. The maximum atomic E-state index is 11.5. The number of hydrogen-bond acceptors (Lipinski definition) is 4. The zero-order valence-electron chi connectivity index (χ0n) is 10.2. The number of carbonyl (C=O) groups is 2. The first-order valence-electron chi connectivity index (χ1n) is 5.67. The van der Waals surface area contributed by atoms with Gasteiger partial charge in [0.1, 0.15) is 0 Å². The van der Waals surface area contributed by atoms with Crippen molar-refractivity contribution in [2.45, 2.75) is 0 Å². The number of halogens is 1. The van der Waals surface area contributed by atoms with Gasteiger partial charge in [0, 0.05) is 17.3 Å². The molecule has 6 nitrogen and oxygen atoms in total. The molecule has 0 aliphatic rings. The number of anilines is 1. The summed E-state index contributed by atoms with van der Waals surface area (Å²) in [5.41, 5.74) is 0.487. The van der Waals surface area contributed by atoms with E-state index in [4.69, 9.17) is 21.4 Å². The van der Waals surface area contributed by atoms with Crippen LogP contribution in [0.25, 0.3) is 0 Å². The van der Waals surface area contributed by atoms with Crippen molar-refractivity contribution >= 4 is 29.1 Å². The molecule has 104 valence electrons. The number of amides is 2. The lowest BCUT2D eigenvalue weighted by Crippen LogP contribution is -2.37. The Labute approximate surface area is 115 Å². The van der Waals surface area contributed by atoms with Crippen LogP contribution in [0.1, 0.15) is 0 Å². The third kappa shape index (κ3) is 6.19. The predicted octanol–water partition coefficient (Wildman–Crippen LogP) is 0.404. The van der Waals surface area contributed by atoms with Crippen molar-refractivity contribution in [1.82, 2.24) is 5.32 Å². The van der Waals surface area contributed by atoms with Crippen molar-refractivity contribution in [3.8, 4) is 0 Å². The van der Waals surface area contributed by atoms with Gasteiger partial charge in [-0.2, -0.15) is 0 Å². The normalized spacial score (nSPS) is 10.0. The van der Waals surface area contributed by atoms with Crippen molar-refractivity contribution in [3.63, 3.8) is 0 Å². The lowest BCUT2D eigenvalue weighted by Gasteiger charge is -2.06. The summed E-state index contributed by atoms with van der Waals surface area (Å²) in [5, 5.41) is 13.8. The average molecular weight is 287 g/mol. The number of aliphatic hydroxyl groups excluding tert-OH is 1. The van der Waals surface area contributed by atoms with Crippen molar-refractivity contribution in [3.05, 3.63) is 29.3 Å². The van der Waals surface area contributed by atoms with Gasteiger partial charge >= 0.3 is 11.8 Å². The van der Waals surface area contributed by atoms with Crippen molar-refractivity contribution in [2.75, 3.05) is 31.7 Å². The Balaban J connectivity index is 2.28. The van der Waals surface area contributed by atoms with E-state index < -0.39 is 11.8 Å². The van der Waals surface area contributed by atoms with Crippen LogP contribution in [0.4, 0.5) is 5.69 Å². The molecule has 0 bridgehead atoms. The molecule has 2 amide bonds. The molecule has 0 fully saturated rings. The summed E-state index contributed by atoms with van der Waals surface area (Å²) in [6.45, 7) is 0.561. The summed E-state index contributed by atoms with van der Waals surface area (Å²) in [4.78, 5) is 22.9. The summed E-state index contributed by atoms with van der Waals surface area (Å²) in [7, 11) is 0. The Morgan fingerprint density at radius 3 is 2.47 bits per heavy atom. The van der Waals surface area contributed by atoms with E-state index in [0.717, 1.165) is 0 Å². The second-order valence-corrected chi connectivity index (χ2v) is 3.99. The summed E-state index contributed by atoms with van der Waals surface area (Å²) in [6.07, 6.45) is 0. The van der Waals surface area contributed by atoms with Gasteiger partial charge in [-0.15, -0.1) is 0 Å². The highest BCUT2D eigenvalue weighted by Crippen LogP contribution is 2.12. The maximum absolute atomic E-state index is 11.5. The summed E-state index contributed by atoms with van der Waals surface area (Å²) < 4.78 is 4.93. The molecule has 0 spiro atoms. The zero-order valence-corrected chi connectivity index (χ0v) is 10.9. The lowest BCUT2D eigenvalue weighted by molar-refractivity contribution is -0.136. The molecule has 7 heteroatoms. The van der Waals surface area contributed by atoms with Gasteiger partial charge in [0.25, 0.3) is 0 Å². The van der Waals surface area contributed by atoms with E-state index in [1.165, 1.54) is 0 Å². The topological polar surface area (TPSA) is 87.7 Å². The number of nitrogens with one attached hydrogen (secondary N) is 2. The number of benzene rings is 1. The first kappa shape index (κ1) is 15.4. The number of ether oxygens (including phenoxy) is 1. The van der Waals surface area contributed by atoms with Gasteiger partial charge < -0.3 is 20.5 Å². The fraction of sp³-hybridized carbons (Fsp3) is 0.333. The van der Waals surface area contributed by atoms with E-state index in [9.17, 15) is 9.59 Å². The Bertz CT molecular complexity index is 422. The van der Waals surface area contributed by atoms with Crippen LogP contribution in [0.3, 0.4) is 0 Å². The number of rotatable bonds is 6. The quantitative estimate of drug-likeness (QED) is 0.522. The molecule has 0 atom stereocenters. The van der Waals surface area contributed by atoms with Crippen LogP contribution in [-0.4, -0.2) is 43.3 Å². The van der Waals surface area contributed by atoms with Crippen LogP contribution in [0, 0.1) is 0 Å². The third-order valence-corrected chi connectivity index (χ3v) is 2.33. The van der Waals surface area contributed by atoms with Crippen LogP contribution >= 0.6 is 11.6 Å². The van der Waals surface area contributed by atoms with Gasteiger partial charge in [-0.25, -0.2) is 0 Å². The summed E-state index contributed by atoms with van der Waals surface area (Å²) in [5.74, 6) is -1.51. The van der Waals surface area contributed by atoms with Crippen molar-refractivity contribution in [2.24, 2.45) is 0 Å². The number of hydrogen-bond donors (Lipinski definition) is 3. The summed E-state index contributed by atoms with van der Waals surface area (Å²) in [6, 6.07) is 6.41. The van der Waals surface area contributed by atoms with Gasteiger partial charge in [0.2, 0.25) is 0 Å². The largest absolute Gasteiger partial charge is 0.394 e. The molecule has 0 unspecified atom stereocenters. The van der Waals surface area contributed by atoms with Crippen LogP contribution in [0.5, 0.6) is 0 Å². The van der Waals surface area contributed by atoms with Gasteiger partial charge in [0.15, 0.2) is 0 Å².